The number of benzene rings is 1. The third-order valence-corrected chi connectivity index (χ3v) is 4.35. The van der Waals surface area contributed by atoms with E-state index >= 15 is 0 Å². The molecule has 2 heterocycles. The molecule has 6 nitrogen and oxygen atoms in total. The first-order valence-electron chi connectivity index (χ1n) is 7.55. The van der Waals surface area contributed by atoms with E-state index in [9.17, 15) is 18.8 Å². The fraction of sp³-hybridized carbons (Fsp3) is 0.438. The molecule has 1 atom stereocenters. The highest BCUT2D eigenvalue weighted by molar-refractivity contribution is 5.95. The van der Waals surface area contributed by atoms with E-state index in [-0.39, 0.29) is 43.0 Å². The Morgan fingerprint density at radius 3 is 2.87 bits per heavy atom. The highest BCUT2D eigenvalue weighted by Gasteiger charge is 2.39. The summed E-state index contributed by atoms with van der Waals surface area (Å²) in [7, 11) is 0. The van der Waals surface area contributed by atoms with Crippen LogP contribution in [0, 0.1) is 12.7 Å². The van der Waals surface area contributed by atoms with E-state index in [2.05, 4.69) is 5.32 Å². The molecule has 3 rings (SSSR count). The predicted octanol–water partition coefficient (Wildman–Crippen LogP) is -0.154. The average molecular weight is 319 g/mol. The second kappa shape index (κ2) is 5.98. The minimum Gasteiger partial charge on any atom is -0.345 e. The van der Waals surface area contributed by atoms with Crippen molar-refractivity contribution in [3.05, 3.63) is 35.1 Å². The summed E-state index contributed by atoms with van der Waals surface area (Å²) in [5, 5.41) is 2.54. The molecule has 0 aromatic heterocycles. The number of fused-ring (bicyclic) bond motifs is 1. The van der Waals surface area contributed by atoms with Crippen molar-refractivity contribution < 1.29 is 18.8 Å². The van der Waals surface area contributed by atoms with E-state index in [0.29, 0.717) is 18.7 Å². The highest BCUT2D eigenvalue weighted by atomic mass is 19.1. The second-order valence-corrected chi connectivity index (χ2v) is 5.92. The minimum atomic E-state index is -0.607. The van der Waals surface area contributed by atoms with Gasteiger partial charge in [-0.05, 0) is 24.1 Å². The first-order chi connectivity index (χ1) is 11.0. The smallest absolute Gasteiger partial charge is 0.245 e. The number of hydrogen-bond acceptors (Lipinski definition) is 3. The molecule has 0 aliphatic carbocycles. The van der Waals surface area contributed by atoms with Gasteiger partial charge in [-0.1, -0.05) is 12.1 Å². The summed E-state index contributed by atoms with van der Waals surface area (Å²) >= 11 is 0. The molecule has 122 valence electrons. The number of rotatable bonds is 2. The van der Waals surface area contributed by atoms with Gasteiger partial charge in [-0.25, -0.2) is 4.39 Å². The van der Waals surface area contributed by atoms with Gasteiger partial charge in [-0.3, -0.25) is 14.4 Å². The lowest BCUT2D eigenvalue weighted by molar-refractivity contribution is -0.152. The Balaban J connectivity index is 1.67. The molecule has 2 fully saturated rings. The van der Waals surface area contributed by atoms with Crippen molar-refractivity contribution in [1.82, 2.24) is 15.1 Å². The number of amides is 3. The van der Waals surface area contributed by atoms with Crippen LogP contribution in [0.2, 0.25) is 0 Å². The van der Waals surface area contributed by atoms with Crippen molar-refractivity contribution in [1.29, 1.82) is 0 Å². The lowest BCUT2D eigenvalue weighted by Gasteiger charge is -2.42. The van der Waals surface area contributed by atoms with E-state index in [4.69, 9.17) is 0 Å². The van der Waals surface area contributed by atoms with Gasteiger partial charge in [0.1, 0.15) is 11.9 Å². The molecule has 0 saturated carbocycles. The Morgan fingerprint density at radius 2 is 2.13 bits per heavy atom. The van der Waals surface area contributed by atoms with Crippen LogP contribution in [0.5, 0.6) is 0 Å². The minimum absolute atomic E-state index is 0.0259. The standard InChI is InChI=1S/C16H18FN3O3/c1-10-6-11(2-3-12(10)17)7-14(21)19-4-5-20-13(9-19)16(23)18-8-15(20)22/h2-3,6,13H,4-5,7-9H2,1H3,(H,18,23). The molecule has 0 radical (unpaired) electrons. The molecular weight excluding hydrogens is 301 g/mol. The summed E-state index contributed by atoms with van der Waals surface area (Å²) in [5.74, 6) is -0.760. The fourth-order valence-corrected chi connectivity index (χ4v) is 3.02. The average Bonchev–Trinajstić information content (AvgIpc) is 2.54. The van der Waals surface area contributed by atoms with Crippen LogP contribution in [0.15, 0.2) is 18.2 Å². The maximum atomic E-state index is 13.3. The van der Waals surface area contributed by atoms with Crippen molar-refractivity contribution in [3.63, 3.8) is 0 Å². The van der Waals surface area contributed by atoms with E-state index in [0.717, 1.165) is 5.56 Å². The summed E-state index contributed by atoms with van der Waals surface area (Å²) < 4.78 is 13.3. The molecule has 0 bridgehead atoms. The summed E-state index contributed by atoms with van der Waals surface area (Å²) in [4.78, 5) is 39.2. The van der Waals surface area contributed by atoms with Gasteiger partial charge in [-0.2, -0.15) is 0 Å². The maximum absolute atomic E-state index is 13.3. The summed E-state index contributed by atoms with van der Waals surface area (Å²) in [5.41, 5.74) is 1.23. The fourth-order valence-electron chi connectivity index (χ4n) is 3.02. The van der Waals surface area contributed by atoms with Crippen LogP contribution in [-0.2, 0) is 20.8 Å². The summed E-state index contributed by atoms with van der Waals surface area (Å²) in [6.45, 7) is 2.66. The zero-order valence-electron chi connectivity index (χ0n) is 12.8. The molecule has 1 aromatic rings. The monoisotopic (exact) mass is 319 g/mol. The van der Waals surface area contributed by atoms with E-state index in [1.54, 1.807) is 24.0 Å². The number of piperazine rings is 2. The Morgan fingerprint density at radius 1 is 1.35 bits per heavy atom. The Hall–Kier alpha value is -2.44. The zero-order chi connectivity index (χ0) is 16.6. The van der Waals surface area contributed by atoms with E-state index < -0.39 is 6.04 Å². The van der Waals surface area contributed by atoms with Crippen LogP contribution in [0.4, 0.5) is 4.39 Å². The molecule has 23 heavy (non-hydrogen) atoms. The molecule has 2 aliphatic heterocycles. The van der Waals surface area contributed by atoms with Gasteiger partial charge in [-0.15, -0.1) is 0 Å². The van der Waals surface area contributed by atoms with Gasteiger partial charge < -0.3 is 15.1 Å². The van der Waals surface area contributed by atoms with E-state index in [1.807, 2.05) is 0 Å². The molecule has 1 N–H and O–H groups in total. The van der Waals surface area contributed by atoms with Gasteiger partial charge in [0.05, 0.1) is 19.5 Å². The van der Waals surface area contributed by atoms with Gasteiger partial charge in [0.15, 0.2) is 0 Å². The topological polar surface area (TPSA) is 69.7 Å². The van der Waals surface area contributed by atoms with Crippen LogP contribution in [0.25, 0.3) is 0 Å². The van der Waals surface area contributed by atoms with Crippen LogP contribution in [0.1, 0.15) is 11.1 Å². The zero-order valence-corrected chi connectivity index (χ0v) is 12.8. The lowest BCUT2D eigenvalue weighted by Crippen LogP contribution is -2.66. The molecule has 3 amide bonds. The normalized spacial score (nSPS) is 21.0. The van der Waals surface area contributed by atoms with Crippen molar-refractivity contribution in [2.45, 2.75) is 19.4 Å². The molecule has 1 unspecified atom stereocenters. The SMILES string of the molecule is Cc1cc(CC(=O)N2CCN3C(=O)CNC(=O)C3C2)ccc1F. The quantitative estimate of drug-likeness (QED) is 0.824. The number of carbonyl (C=O) groups excluding carboxylic acids is 3. The number of aryl methyl sites for hydroxylation is 1. The van der Waals surface area contributed by atoms with Gasteiger partial charge >= 0.3 is 0 Å². The molecule has 2 saturated heterocycles. The Labute approximate surface area is 133 Å². The third-order valence-electron chi connectivity index (χ3n) is 4.35. The molecule has 2 aliphatic rings. The maximum Gasteiger partial charge on any atom is 0.245 e. The van der Waals surface area contributed by atoms with Crippen molar-refractivity contribution in [2.24, 2.45) is 0 Å². The van der Waals surface area contributed by atoms with Gasteiger partial charge in [0, 0.05) is 13.1 Å². The Bertz CT molecular complexity index is 677. The van der Waals surface area contributed by atoms with Crippen molar-refractivity contribution >= 4 is 17.7 Å². The number of halogens is 1. The predicted molar refractivity (Wildman–Crippen MR) is 79.9 cm³/mol. The summed E-state index contributed by atoms with van der Waals surface area (Å²) in [6.07, 6.45) is 0.156. The lowest BCUT2D eigenvalue weighted by atomic mass is 10.1. The molecule has 0 spiro atoms. The number of nitrogens with zero attached hydrogens (tertiary/aromatic N) is 2. The molecular formula is C16H18FN3O3. The van der Waals surface area contributed by atoms with Crippen molar-refractivity contribution in [3.8, 4) is 0 Å². The summed E-state index contributed by atoms with van der Waals surface area (Å²) in [6, 6.07) is 3.99. The second-order valence-electron chi connectivity index (χ2n) is 5.92. The van der Waals surface area contributed by atoms with Gasteiger partial charge in [0.25, 0.3) is 0 Å². The third kappa shape index (κ3) is 3.04. The van der Waals surface area contributed by atoms with Gasteiger partial charge in [0.2, 0.25) is 17.7 Å². The largest absolute Gasteiger partial charge is 0.345 e. The Kier molecular flexibility index (Phi) is 4.02. The van der Waals surface area contributed by atoms with Crippen LogP contribution < -0.4 is 5.32 Å². The number of nitrogens with one attached hydrogen (secondary N) is 1. The molecule has 1 aromatic carbocycles. The first kappa shape index (κ1) is 15.5. The first-order valence-corrected chi connectivity index (χ1v) is 7.55. The van der Waals surface area contributed by atoms with Crippen LogP contribution in [-0.4, -0.2) is 59.7 Å². The van der Waals surface area contributed by atoms with Crippen LogP contribution in [0.3, 0.4) is 0 Å². The highest BCUT2D eigenvalue weighted by Crippen LogP contribution is 2.16. The number of hydrogen-bond donors (Lipinski definition) is 1. The van der Waals surface area contributed by atoms with Crippen LogP contribution >= 0.6 is 0 Å². The molecule has 7 heteroatoms. The van der Waals surface area contributed by atoms with Crippen molar-refractivity contribution in [2.75, 3.05) is 26.2 Å². The number of carbonyl (C=O) groups is 3. The van der Waals surface area contributed by atoms with E-state index in [1.165, 1.54) is 11.0 Å².